The van der Waals surface area contributed by atoms with Crippen LogP contribution in [0.1, 0.15) is 31.0 Å². The standard InChI is InChI=1S/C28H28N4O3S/c1-6-35-27(34)24-17(2)29-28-32(25(24)18-11-13-20(14-12-18)30(3)4)26(33)23(36-28)15-19-16-31(5)22-10-8-7-9-21(19)22/h7-16,25H,6H2,1-5H3/b23-15+. The largest absolute Gasteiger partial charge is 0.463 e. The van der Waals surface area contributed by atoms with Crippen molar-refractivity contribution in [3.8, 4) is 0 Å². The molecule has 8 heteroatoms. The second kappa shape index (κ2) is 9.28. The Hall–Kier alpha value is -3.91. The Morgan fingerprint density at radius 2 is 1.89 bits per heavy atom. The monoisotopic (exact) mass is 500 g/mol. The van der Waals surface area contributed by atoms with Gasteiger partial charge in [0.2, 0.25) is 0 Å². The SMILES string of the molecule is CCOC(=O)C1=C(C)N=c2s/c(=C/c3cn(C)c4ccccc34)c(=O)n2C1c1ccc(N(C)C)cc1. The van der Waals surface area contributed by atoms with E-state index < -0.39 is 12.0 Å². The molecule has 184 valence electrons. The maximum absolute atomic E-state index is 13.8. The van der Waals surface area contributed by atoms with E-state index in [1.165, 1.54) is 11.3 Å². The third-order valence-electron chi connectivity index (χ3n) is 6.46. The quantitative estimate of drug-likeness (QED) is 0.394. The van der Waals surface area contributed by atoms with Gasteiger partial charge < -0.3 is 14.2 Å². The Kier molecular flexibility index (Phi) is 6.14. The Morgan fingerprint density at radius 3 is 2.58 bits per heavy atom. The van der Waals surface area contributed by atoms with Gasteiger partial charge in [-0.2, -0.15) is 0 Å². The van der Waals surface area contributed by atoms with E-state index in [0.29, 0.717) is 20.6 Å². The van der Waals surface area contributed by atoms with Crippen LogP contribution in [0.4, 0.5) is 5.69 Å². The summed E-state index contributed by atoms with van der Waals surface area (Å²) < 4.78 is 9.64. The molecule has 0 N–H and O–H groups in total. The summed E-state index contributed by atoms with van der Waals surface area (Å²) >= 11 is 1.34. The van der Waals surface area contributed by atoms with Crippen LogP contribution < -0.4 is 19.8 Å². The summed E-state index contributed by atoms with van der Waals surface area (Å²) in [5, 5.41) is 1.07. The number of fused-ring (bicyclic) bond motifs is 2. The molecule has 1 unspecified atom stereocenters. The van der Waals surface area contributed by atoms with Crippen LogP contribution in [-0.4, -0.2) is 35.8 Å². The molecule has 0 fully saturated rings. The number of para-hydroxylation sites is 1. The maximum Gasteiger partial charge on any atom is 0.338 e. The number of benzene rings is 2. The van der Waals surface area contributed by atoms with Gasteiger partial charge in [-0.1, -0.05) is 41.7 Å². The fourth-order valence-corrected chi connectivity index (χ4v) is 5.73. The van der Waals surface area contributed by atoms with Crippen LogP contribution in [0.25, 0.3) is 17.0 Å². The zero-order valence-corrected chi connectivity index (χ0v) is 21.8. The van der Waals surface area contributed by atoms with E-state index in [9.17, 15) is 9.59 Å². The number of aryl methyl sites for hydroxylation is 1. The number of allylic oxidation sites excluding steroid dienone is 1. The molecular formula is C28H28N4O3S. The van der Waals surface area contributed by atoms with Gasteiger partial charge in [-0.25, -0.2) is 9.79 Å². The summed E-state index contributed by atoms with van der Waals surface area (Å²) in [6.45, 7) is 3.82. The van der Waals surface area contributed by atoms with Crippen LogP contribution >= 0.6 is 11.3 Å². The van der Waals surface area contributed by atoms with Gasteiger partial charge in [0.25, 0.3) is 5.56 Å². The number of thiazole rings is 1. The summed E-state index contributed by atoms with van der Waals surface area (Å²) in [4.78, 5) is 34.2. The average Bonchev–Trinajstić information content (AvgIpc) is 3.34. The molecule has 3 heterocycles. The minimum atomic E-state index is -0.619. The number of carbonyl (C=O) groups is 1. The van der Waals surface area contributed by atoms with Crippen molar-refractivity contribution in [2.45, 2.75) is 19.9 Å². The number of esters is 1. The van der Waals surface area contributed by atoms with Crippen molar-refractivity contribution in [2.75, 3.05) is 25.6 Å². The van der Waals surface area contributed by atoms with Gasteiger partial charge in [0.15, 0.2) is 4.80 Å². The first-order chi connectivity index (χ1) is 17.3. The van der Waals surface area contributed by atoms with Crippen LogP contribution in [-0.2, 0) is 16.6 Å². The zero-order chi connectivity index (χ0) is 25.6. The number of hydrogen-bond donors (Lipinski definition) is 0. The third-order valence-corrected chi connectivity index (χ3v) is 7.44. The second-order valence-corrected chi connectivity index (χ2v) is 10.0. The molecule has 0 amide bonds. The molecule has 7 nitrogen and oxygen atoms in total. The van der Waals surface area contributed by atoms with E-state index in [0.717, 1.165) is 27.7 Å². The van der Waals surface area contributed by atoms with Crippen molar-refractivity contribution in [2.24, 2.45) is 12.0 Å². The molecule has 0 bridgehead atoms. The number of anilines is 1. The molecule has 1 aliphatic rings. The molecule has 2 aromatic heterocycles. The summed E-state index contributed by atoms with van der Waals surface area (Å²) in [6, 6.07) is 15.4. The topological polar surface area (TPSA) is 68.8 Å². The maximum atomic E-state index is 13.8. The van der Waals surface area contributed by atoms with E-state index in [2.05, 4.69) is 21.7 Å². The van der Waals surface area contributed by atoms with Crippen molar-refractivity contribution in [1.29, 1.82) is 0 Å². The normalized spacial score (nSPS) is 15.7. The number of ether oxygens (including phenoxy) is 1. The van der Waals surface area contributed by atoms with Gasteiger partial charge in [0.05, 0.1) is 28.5 Å². The molecule has 2 aromatic carbocycles. The second-order valence-electron chi connectivity index (χ2n) is 9.00. The summed E-state index contributed by atoms with van der Waals surface area (Å²) in [5.41, 5.74) is 4.69. The predicted octanol–water partition coefficient (Wildman–Crippen LogP) is 3.36. The van der Waals surface area contributed by atoms with Gasteiger partial charge in [0, 0.05) is 49.5 Å². The summed E-state index contributed by atoms with van der Waals surface area (Å²) in [6.07, 6.45) is 3.94. The highest BCUT2D eigenvalue weighted by Gasteiger charge is 2.33. The first-order valence-corrected chi connectivity index (χ1v) is 12.6. The fourth-order valence-electron chi connectivity index (χ4n) is 4.69. The molecule has 4 aromatic rings. The van der Waals surface area contributed by atoms with E-state index in [1.807, 2.05) is 74.7 Å². The molecule has 0 radical (unpaired) electrons. The first-order valence-electron chi connectivity index (χ1n) is 11.8. The van der Waals surface area contributed by atoms with Crippen LogP contribution in [0.3, 0.4) is 0 Å². The third kappa shape index (κ3) is 3.97. The molecule has 1 atom stereocenters. The highest BCUT2D eigenvalue weighted by atomic mass is 32.1. The van der Waals surface area contributed by atoms with Crippen molar-refractivity contribution in [3.05, 3.63) is 96.8 Å². The van der Waals surface area contributed by atoms with Crippen LogP contribution in [0.5, 0.6) is 0 Å². The molecule has 0 aliphatic carbocycles. The van der Waals surface area contributed by atoms with Crippen molar-refractivity contribution < 1.29 is 9.53 Å². The van der Waals surface area contributed by atoms with Crippen molar-refractivity contribution in [3.63, 3.8) is 0 Å². The summed E-state index contributed by atoms with van der Waals surface area (Å²) in [5.74, 6) is -0.455. The summed E-state index contributed by atoms with van der Waals surface area (Å²) in [7, 11) is 5.94. The van der Waals surface area contributed by atoms with E-state index in [4.69, 9.17) is 4.74 Å². The zero-order valence-electron chi connectivity index (χ0n) is 21.0. The molecule has 0 saturated carbocycles. The molecule has 36 heavy (non-hydrogen) atoms. The van der Waals surface area contributed by atoms with Gasteiger partial charge in [0.1, 0.15) is 0 Å². The minimum absolute atomic E-state index is 0.178. The van der Waals surface area contributed by atoms with E-state index >= 15 is 0 Å². The Balaban J connectivity index is 1.73. The first kappa shape index (κ1) is 23.8. The lowest BCUT2D eigenvalue weighted by atomic mass is 9.95. The number of hydrogen-bond acceptors (Lipinski definition) is 6. The Bertz CT molecular complexity index is 1690. The van der Waals surface area contributed by atoms with Crippen LogP contribution in [0.2, 0.25) is 0 Å². The number of rotatable bonds is 5. The van der Waals surface area contributed by atoms with E-state index in [1.54, 1.807) is 18.4 Å². The van der Waals surface area contributed by atoms with Crippen molar-refractivity contribution in [1.82, 2.24) is 9.13 Å². The van der Waals surface area contributed by atoms with Crippen molar-refractivity contribution >= 4 is 40.0 Å². The molecular weight excluding hydrogens is 472 g/mol. The van der Waals surface area contributed by atoms with Gasteiger partial charge >= 0.3 is 5.97 Å². The Morgan fingerprint density at radius 1 is 1.17 bits per heavy atom. The molecule has 5 rings (SSSR count). The Labute approximate surface area is 212 Å². The average molecular weight is 501 g/mol. The lowest BCUT2D eigenvalue weighted by Gasteiger charge is -2.25. The van der Waals surface area contributed by atoms with Crippen LogP contribution in [0.15, 0.2) is 75.8 Å². The van der Waals surface area contributed by atoms with Crippen LogP contribution in [0, 0.1) is 0 Å². The number of aromatic nitrogens is 2. The lowest BCUT2D eigenvalue weighted by Crippen LogP contribution is -2.39. The van der Waals surface area contributed by atoms with Gasteiger partial charge in [-0.05, 0) is 43.7 Å². The highest BCUT2D eigenvalue weighted by molar-refractivity contribution is 7.07. The number of carbonyl (C=O) groups excluding carboxylic acids is 1. The minimum Gasteiger partial charge on any atom is -0.463 e. The molecule has 0 spiro atoms. The molecule has 1 aliphatic heterocycles. The molecule has 0 saturated heterocycles. The number of nitrogens with zero attached hydrogens (tertiary/aromatic N) is 4. The smallest absolute Gasteiger partial charge is 0.338 e. The lowest BCUT2D eigenvalue weighted by molar-refractivity contribution is -0.139. The predicted molar refractivity (Wildman–Crippen MR) is 144 cm³/mol. The highest BCUT2D eigenvalue weighted by Crippen LogP contribution is 2.31. The van der Waals surface area contributed by atoms with Gasteiger partial charge in [-0.15, -0.1) is 0 Å². The van der Waals surface area contributed by atoms with Gasteiger partial charge in [-0.3, -0.25) is 9.36 Å². The fraction of sp³-hybridized carbons (Fsp3) is 0.250. The van der Waals surface area contributed by atoms with E-state index in [-0.39, 0.29) is 12.2 Å².